The smallest absolute Gasteiger partial charge is 0.0619 e. The lowest BCUT2D eigenvalue weighted by Crippen LogP contribution is -2.11. The molecule has 2 heteroatoms. The fourth-order valence-corrected chi connectivity index (χ4v) is 10.0. The van der Waals surface area contributed by atoms with Crippen LogP contribution in [0.15, 0.2) is 267 Å². The summed E-state index contributed by atoms with van der Waals surface area (Å²) in [5.74, 6) is 0. The summed E-state index contributed by atoms with van der Waals surface area (Å²) >= 11 is 0. The number of hydrogen-bond donors (Lipinski definition) is 0. The van der Waals surface area contributed by atoms with Crippen LogP contribution in [-0.4, -0.2) is 4.57 Å². The summed E-state index contributed by atoms with van der Waals surface area (Å²) < 4.78 is 2.42. The molecule has 12 rings (SSSR count). The largest absolute Gasteiger partial charge is 0.310 e. The third kappa shape index (κ3) is 6.84. The van der Waals surface area contributed by atoms with Gasteiger partial charge in [-0.1, -0.05) is 218 Å². The molecular weight excluding hydrogens is 797 g/mol. The van der Waals surface area contributed by atoms with E-state index < -0.39 is 0 Å². The van der Waals surface area contributed by atoms with Crippen LogP contribution in [0.5, 0.6) is 0 Å². The van der Waals surface area contributed by atoms with Crippen molar-refractivity contribution in [2.75, 3.05) is 4.90 Å². The van der Waals surface area contributed by atoms with Crippen LogP contribution in [0.1, 0.15) is 0 Å². The predicted molar refractivity (Wildman–Crippen MR) is 280 cm³/mol. The van der Waals surface area contributed by atoms with Crippen LogP contribution < -0.4 is 4.90 Å². The second kappa shape index (κ2) is 16.8. The first-order valence-electron chi connectivity index (χ1n) is 22.7. The number of anilines is 3. The second-order valence-corrected chi connectivity index (χ2v) is 16.8. The van der Waals surface area contributed by atoms with Crippen molar-refractivity contribution in [3.05, 3.63) is 267 Å². The lowest BCUT2D eigenvalue weighted by Gasteiger charge is -2.29. The summed E-state index contributed by atoms with van der Waals surface area (Å²) in [6, 6.07) is 96.8. The standard InChI is InChI=1S/C64H44N2/c1-3-19-45(20-4-1)54-26-9-10-27-56(54)57-28-11-12-29-58(57)59-30-13-15-35-62(59)65(50-41-37-47(38-42-50)53-32-17-22-46-21-7-8-25-52(46)53)51-43-39-48(40-44-51)55-33-18-34-61-60-31-14-16-36-63(60)66(64(55)61)49-23-5-2-6-24-49/h1-44H. The first-order valence-corrected chi connectivity index (χ1v) is 22.7. The molecule has 1 heterocycles. The molecule has 0 radical (unpaired) electrons. The monoisotopic (exact) mass is 840 g/mol. The second-order valence-electron chi connectivity index (χ2n) is 16.8. The zero-order valence-corrected chi connectivity index (χ0v) is 36.3. The van der Waals surface area contributed by atoms with Crippen molar-refractivity contribution in [2.24, 2.45) is 0 Å². The van der Waals surface area contributed by atoms with E-state index in [0.717, 1.165) is 33.9 Å². The Hall–Kier alpha value is -8.72. The van der Waals surface area contributed by atoms with Crippen LogP contribution in [0.2, 0.25) is 0 Å². The van der Waals surface area contributed by atoms with Crippen molar-refractivity contribution < 1.29 is 0 Å². The van der Waals surface area contributed by atoms with Gasteiger partial charge in [0.1, 0.15) is 0 Å². The number of benzene rings is 11. The van der Waals surface area contributed by atoms with E-state index in [4.69, 9.17) is 0 Å². The van der Waals surface area contributed by atoms with Crippen LogP contribution in [0.4, 0.5) is 17.1 Å². The molecule has 0 fully saturated rings. The molecule has 0 atom stereocenters. The Labute approximate surface area is 385 Å². The van der Waals surface area contributed by atoms with Gasteiger partial charge in [-0.15, -0.1) is 0 Å². The molecule has 12 aromatic rings. The quantitative estimate of drug-likeness (QED) is 0.141. The zero-order chi connectivity index (χ0) is 43.8. The molecule has 0 N–H and O–H groups in total. The van der Waals surface area contributed by atoms with E-state index in [-0.39, 0.29) is 0 Å². The van der Waals surface area contributed by atoms with Gasteiger partial charge in [-0.2, -0.15) is 0 Å². The maximum absolute atomic E-state index is 2.42. The fourth-order valence-electron chi connectivity index (χ4n) is 10.0. The highest BCUT2D eigenvalue weighted by Gasteiger charge is 2.22. The highest BCUT2D eigenvalue weighted by atomic mass is 15.1. The molecule has 11 aromatic carbocycles. The minimum Gasteiger partial charge on any atom is -0.310 e. The number of rotatable bonds is 9. The molecule has 0 aliphatic rings. The van der Waals surface area contributed by atoms with Crippen molar-refractivity contribution in [1.82, 2.24) is 4.57 Å². The van der Waals surface area contributed by atoms with Crippen LogP contribution in [0.3, 0.4) is 0 Å². The van der Waals surface area contributed by atoms with Gasteiger partial charge in [0.05, 0.1) is 16.7 Å². The molecule has 0 aliphatic carbocycles. The molecule has 310 valence electrons. The van der Waals surface area contributed by atoms with Crippen molar-refractivity contribution in [2.45, 2.75) is 0 Å². The number of nitrogens with zero attached hydrogens (tertiary/aromatic N) is 2. The van der Waals surface area contributed by atoms with Gasteiger partial charge in [0.25, 0.3) is 0 Å². The van der Waals surface area contributed by atoms with Gasteiger partial charge in [0.2, 0.25) is 0 Å². The summed E-state index contributed by atoms with van der Waals surface area (Å²) in [7, 11) is 0. The lowest BCUT2D eigenvalue weighted by molar-refractivity contribution is 1.18. The Bertz CT molecular complexity index is 3670. The highest BCUT2D eigenvalue weighted by Crippen LogP contribution is 2.46. The van der Waals surface area contributed by atoms with Gasteiger partial charge < -0.3 is 9.47 Å². The van der Waals surface area contributed by atoms with Gasteiger partial charge >= 0.3 is 0 Å². The third-order valence-corrected chi connectivity index (χ3v) is 13.0. The van der Waals surface area contributed by atoms with Gasteiger partial charge in [0, 0.05) is 39.0 Å². The maximum atomic E-state index is 2.42. The molecule has 0 bridgehead atoms. The Balaban J connectivity index is 1.03. The van der Waals surface area contributed by atoms with Gasteiger partial charge in [0.15, 0.2) is 0 Å². The van der Waals surface area contributed by atoms with E-state index >= 15 is 0 Å². The van der Waals surface area contributed by atoms with Crippen molar-refractivity contribution >= 4 is 49.6 Å². The molecule has 2 nitrogen and oxygen atoms in total. The fraction of sp³-hybridized carbons (Fsp3) is 0. The highest BCUT2D eigenvalue weighted by molar-refractivity contribution is 6.14. The third-order valence-electron chi connectivity index (χ3n) is 13.0. The number of aromatic nitrogens is 1. The van der Waals surface area contributed by atoms with Crippen LogP contribution >= 0.6 is 0 Å². The molecule has 1 aromatic heterocycles. The van der Waals surface area contributed by atoms with Gasteiger partial charge in [-0.05, 0) is 104 Å². The lowest BCUT2D eigenvalue weighted by atomic mass is 9.88. The number of fused-ring (bicyclic) bond motifs is 4. The van der Waals surface area contributed by atoms with Crippen molar-refractivity contribution in [3.8, 4) is 61.3 Å². The van der Waals surface area contributed by atoms with E-state index in [1.54, 1.807) is 0 Å². The van der Waals surface area contributed by atoms with E-state index in [1.165, 1.54) is 77.1 Å². The van der Waals surface area contributed by atoms with Crippen LogP contribution in [0, 0.1) is 0 Å². The summed E-state index contributed by atoms with van der Waals surface area (Å²) in [5, 5.41) is 4.97. The minimum atomic E-state index is 1.07. The van der Waals surface area contributed by atoms with Crippen molar-refractivity contribution in [1.29, 1.82) is 0 Å². The van der Waals surface area contributed by atoms with Crippen LogP contribution in [0.25, 0.3) is 93.9 Å². The SMILES string of the molecule is c1ccc(-c2ccccc2-c2ccccc2-c2ccccc2N(c2ccc(-c3cccc4ccccc34)cc2)c2ccc(-c3cccc4c5ccccc5n(-c5ccccc5)c34)cc2)cc1. The molecule has 0 amide bonds. The van der Waals surface area contributed by atoms with Crippen LogP contribution in [-0.2, 0) is 0 Å². The zero-order valence-electron chi connectivity index (χ0n) is 36.3. The first-order chi connectivity index (χ1) is 32.8. The summed E-state index contributed by atoms with van der Waals surface area (Å²) in [4.78, 5) is 2.42. The molecule has 0 saturated carbocycles. The molecule has 66 heavy (non-hydrogen) atoms. The van der Waals surface area contributed by atoms with E-state index in [9.17, 15) is 0 Å². The maximum Gasteiger partial charge on any atom is 0.0619 e. The van der Waals surface area contributed by atoms with Crippen molar-refractivity contribution in [3.63, 3.8) is 0 Å². The topological polar surface area (TPSA) is 8.17 Å². The van der Waals surface area contributed by atoms with Gasteiger partial charge in [-0.3, -0.25) is 0 Å². The minimum absolute atomic E-state index is 1.07. The van der Waals surface area contributed by atoms with E-state index in [2.05, 4.69) is 276 Å². The normalized spacial score (nSPS) is 11.3. The average molecular weight is 841 g/mol. The molecular formula is C64H44N2. The number of hydrogen-bond acceptors (Lipinski definition) is 1. The Morgan fingerprint density at radius 3 is 1.41 bits per heavy atom. The van der Waals surface area contributed by atoms with Gasteiger partial charge in [-0.25, -0.2) is 0 Å². The summed E-state index contributed by atoms with van der Waals surface area (Å²) in [6.45, 7) is 0. The molecule has 0 saturated heterocycles. The van der Waals surface area contributed by atoms with E-state index in [1.807, 2.05) is 0 Å². The predicted octanol–water partition coefficient (Wildman–Crippen LogP) is 17.7. The molecule has 0 aliphatic heterocycles. The average Bonchev–Trinajstić information content (AvgIpc) is 3.74. The molecule has 0 spiro atoms. The van der Waals surface area contributed by atoms with E-state index in [0.29, 0.717) is 0 Å². The number of para-hydroxylation sites is 4. The summed E-state index contributed by atoms with van der Waals surface area (Å²) in [5.41, 5.74) is 18.7. The summed E-state index contributed by atoms with van der Waals surface area (Å²) in [6.07, 6.45) is 0. The molecule has 0 unspecified atom stereocenters. The first kappa shape index (κ1) is 38.9. The Morgan fingerprint density at radius 1 is 0.258 bits per heavy atom. The Kier molecular flexibility index (Phi) is 9.89. The Morgan fingerprint density at radius 2 is 0.697 bits per heavy atom.